The van der Waals surface area contributed by atoms with Crippen LogP contribution < -0.4 is 5.32 Å². The highest BCUT2D eigenvalue weighted by Gasteiger charge is 2.22. The maximum absolute atomic E-state index is 13.0. The quantitative estimate of drug-likeness (QED) is 0.644. The lowest BCUT2D eigenvalue weighted by Crippen LogP contribution is -2.36. The standard InChI is InChI=1S/C25H25N3O2/c29-24(27-13-6-9-19-7-2-1-3-8-19)22-15-23(17-26-16-22)25(30)28-14-12-20-10-4-5-11-21(20)18-28/h1-5,7-8,10-11,15-17H,6,9,12-14,18H2,(H,27,29). The minimum absolute atomic E-state index is 0.0873. The third-order valence-electron chi connectivity index (χ3n) is 5.44. The zero-order valence-electron chi connectivity index (χ0n) is 16.9. The molecule has 1 aromatic heterocycles. The molecule has 2 aromatic carbocycles. The zero-order chi connectivity index (χ0) is 20.8. The summed E-state index contributed by atoms with van der Waals surface area (Å²) in [7, 11) is 0. The molecule has 5 heteroatoms. The maximum Gasteiger partial charge on any atom is 0.255 e. The van der Waals surface area contributed by atoms with Crippen LogP contribution in [0.2, 0.25) is 0 Å². The summed E-state index contributed by atoms with van der Waals surface area (Å²) >= 11 is 0. The lowest BCUT2D eigenvalue weighted by atomic mass is 9.99. The van der Waals surface area contributed by atoms with Gasteiger partial charge in [-0.25, -0.2) is 0 Å². The van der Waals surface area contributed by atoms with Gasteiger partial charge in [-0.2, -0.15) is 0 Å². The van der Waals surface area contributed by atoms with E-state index < -0.39 is 0 Å². The second-order valence-electron chi connectivity index (χ2n) is 7.55. The summed E-state index contributed by atoms with van der Waals surface area (Å²) < 4.78 is 0. The summed E-state index contributed by atoms with van der Waals surface area (Å²) in [4.78, 5) is 31.4. The number of amides is 2. The first-order valence-corrected chi connectivity index (χ1v) is 10.3. The number of hydrogen-bond acceptors (Lipinski definition) is 3. The monoisotopic (exact) mass is 399 g/mol. The average Bonchev–Trinajstić information content (AvgIpc) is 2.81. The number of carbonyl (C=O) groups is 2. The predicted octanol–water partition coefficient (Wildman–Crippen LogP) is 3.64. The number of rotatable bonds is 6. The zero-order valence-corrected chi connectivity index (χ0v) is 16.9. The molecule has 2 heterocycles. The molecule has 0 fully saturated rings. The molecule has 30 heavy (non-hydrogen) atoms. The van der Waals surface area contributed by atoms with Gasteiger partial charge in [0.15, 0.2) is 0 Å². The Labute approximate surface area is 176 Å². The van der Waals surface area contributed by atoms with Crippen molar-refractivity contribution in [1.82, 2.24) is 15.2 Å². The van der Waals surface area contributed by atoms with Crippen molar-refractivity contribution < 1.29 is 9.59 Å². The lowest BCUT2D eigenvalue weighted by Gasteiger charge is -2.28. The molecule has 1 aliphatic rings. The van der Waals surface area contributed by atoms with Crippen LogP contribution in [0, 0.1) is 0 Å². The third kappa shape index (κ3) is 4.74. The van der Waals surface area contributed by atoms with Crippen LogP contribution in [0.25, 0.3) is 0 Å². The Morgan fingerprint density at radius 1 is 0.933 bits per heavy atom. The Kier molecular flexibility index (Phi) is 6.18. The molecule has 0 saturated heterocycles. The molecule has 152 valence electrons. The summed E-state index contributed by atoms with van der Waals surface area (Å²) in [5, 5.41) is 2.92. The van der Waals surface area contributed by atoms with Gasteiger partial charge in [-0.15, -0.1) is 0 Å². The fourth-order valence-corrected chi connectivity index (χ4v) is 3.77. The van der Waals surface area contributed by atoms with E-state index in [0.717, 1.165) is 19.3 Å². The first kappa shape index (κ1) is 19.8. The van der Waals surface area contributed by atoms with Gasteiger partial charge in [-0.1, -0.05) is 54.6 Å². The molecule has 0 radical (unpaired) electrons. The first-order valence-electron chi connectivity index (χ1n) is 10.3. The third-order valence-corrected chi connectivity index (χ3v) is 5.44. The van der Waals surface area contributed by atoms with Gasteiger partial charge in [-0.3, -0.25) is 14.6 Å². The molecular formula is C25H25N3O2. The lowest BCUT2D eigenvalue weighted by molar-refractivity contribution is 0.0734. The van der Waals surface area contributed by atoms with Crippen molar-refractivity contribution in [1.29, 1.82) is 0 Å². The van der Waals surface area contributed by atoms with E-state index in [1.807, 2.05) is 35.2 Å². The number of pyridine rings is 1. The van der Waals surface area contributed by atoms with Gasteiger partial charge in [0.05, 0.1) is 11.1 Å². The van der Waals surface area contributed by atoms with Crippen molar-refractivity contribution >= 4 is 11.8 Å². The molecule has 0 atom stereocenters. The predicted molar refractivity (Wildman–Crippen MR) is 116 cm³/mol. The van der Waals surface area contributed by atoms with E-state index in [2.05, 4.69) is 34.6 Å². The molecule has 0 aliphatic carbocycles. The van der Waals surface area contributed by atoms with Gasteiger partial charge >= 0.3 is 0 Å². The highest BCUT2D eigenvalue weighted by molar-refractivity contribution is 5.99. The topological polar surface area (TPSA) is 62.3 Å². The van der Waals surface area contributed by atoms with Crippen LogP contribution in [-0.4, -0.2) is 34.8 Å². The largest absolute Gasteiger partial charge is 0.352 e. The summed E-state index contributed by atoms with van der Waals surface area (Å²) in [5.41, 5.74) is 4.59. The number of fused-ring (bicyclic) bond motifs is 1. The van der Waals surface area contributed by atoms with Crippen molar-refractivity contribution in [2.45, 2.75) is 25.8 Å². The van der Waals surface area contributed by atoms with E-state index in [1.165, 1.54) is 29.1 Å². The van der Waals surface area contributed by atoms with Crippen molar-refractivity contribution in [3.8, 4) is 0 Å². The molecular weight excluding hydrogens is 374 g/mol. The number of nitrogens with one attached hydrogen (secondary N) is 1. The number of carbonyl (C=O) groups excluding carboxylic acids is 2. The van der Waals surface area contributed by atoms with Crippen LogP contribution in [0.15, 0.2) is 73.1 Å². The van der Waals surface area contributed by atoms with Crippen LogP contribution in [0.4, 0.5) is 0 Å². The number of benzene rings is 2. The summed E-state index contributed by atoms with van der Waals surface area (Å²) in [6, 6.07) is 20.0. The first-order chi connectivity index (χ1) is 14.7. The minimum Gasteiger partial charge on any atom is -0.352 e. The highest BCUT2D eigenvalue weighted by Crippen LogP contribution is 2.20. The second kappa shape index (κ2) is 9.35. The molecule has 0 saturated carbocycles. The molecule has 2 amide bonds. The van der Waals surface area contributed by atoms with E-state index in [1.54, 1.807) is 6.07 Å². The molecule has 1 N–H and O–H groups in total. The maximum atomic E-state index is 13.0. The highest BCUT2D eigenvalue weighted by atomic mass is 16.2. The van der Waals surface area contributed by atoms with Gasteiger partial charge in [-0.05, 0) is 42.0 Å². The van der Waals surface area contributed by atoms with E-state index >= 15 is 0 Å². The minimum atomic E-state index is -0.200. The van der Waals surface area contributed by atoms with Crippen LogP contribution in [0.3, 0.4) is 0 Å². The van der Waals surface area contributed by atoms with Crippen molar-refractivity contribution in [3.63, 3.8) is 0 Å². The van der Waals surface area contributed by atoms with Crippen molar-refractivity contribution in [3.05, 3.63) is 101 Å². The van der Waals surface area contributed by atoms with Crippen molar-refractivity contribution in [2.75, 3.05) is 13.1 Å². The molecule has 0 bridgehead atoms. The molecule has 1 aliphatic heterocycles. The average molecular weight is 399 g/mol. The van der Waals surface area contributed by atoms with Crippen LogP contribution in [0.5, 0.6) is 0 Å². The van der Waals surface area contributed by atoms with Crippen LogP contribution in [0.1, 0.15) is 43.8 Å². The number of aromatic nitrogens is 1. The Balaban J connectivity index is 1.34. The Morgan fingerprint density at radius 2 is 1.67 bits per heavy atom. The molecule has 4 rings (SSSR count). The van der Waals surface area contributed by atoms with Gasteiger partial charge in [0.2, 0.25) is 0 Å². The summed E-state index contributed by atoms with van der Waals surface area (Å²) in [5.74, 6) is -0.287. The fraction of sp³-hybridized carbons (Fsp3) is 0.240. The van der Waals surface area contributed by atoms with E-state index in [4.69, 9.17) is 0 Å². The smallest absolute Gasteiger partial charge is 0.255 e. The Morgan fingerprint density at radius 3 is 2.50 bits per heavy atom. The fourth-order valence-electron chi connectivity index (χ4n) is 3.77. The van der Waals surface area contributed by atoms with Crippen LogP contribution in [-0.2, 0) is 19.4 Å². The number of aryl methyl sites for hydroxylation is 1. The molecule has 5 nitrogen and oxygen atoms in total. The SMILES string of the molecule is O=C(NCCCc1ccccc1)c1cncc(C(=O)N2CCc3ccccc3C2)c1. The summed E-state index contributed by atoms with van der Waals surface area (Å²) in [6.45, 7) is 1.84. The normalized spacial score (nSPS) is 12.9. The Bertz CT molecular complexity index is 1030. The number of nitrogens with zero attached hydrogens (tertiary/aromatic N) is 2. The van der Waals surface area contributed by atoms with Crippen LogP contribution >= 0.6 is 0 Å². The number of hydrogen-bond donors (Lipinski definition) is 1. The van der Waals surface area contributed by atoms with Gasteiger partial charge < -0.3 is 10.2 Å². The summed E-state index contributed by atoms with van der Waals surface area (Å²) in [6.07, 6.45) is 5.66. The van der Waals surface area contributed by atoms with Gasteiger partial charge in [0.25, 0.3) is 11.8 Å². The van der Waals surface area contributed by atoms with E-state index in [0.29, 0.717) is 30.8 Å². The van der Waals surface area contributed by atoms with E-state index in [9.17, 15) is 9.59 Å². The molecule has 0 spiro atoms. The molecule has 0 unspecified atom stereocenters. The van der Waals surface area contributed by atoms with E-state index in [-0.39, 0.29) is 11.8 Å². The Hall–Kier alpha value is -3.47. The van der Waals surface area contributed by atoms with Gasteiger partial charge in [0.1, 0.15) is 0 Å². The van der Waals surface area contributed by atoms with Crippen molar-refractivity contribution in [2.24, 2.45) is 0 Å². The van der Waals surface area contributed by atoms with Gasteiger partial charge in [0, 0.05) is 32.0 Å². The second-order valence-corrected chi connectivity index (χ2v) is 7.55. The molecule has 3 aromatic rings.